The summed E-state index contributed by atoms with van der Waals surface area (Å²) in [6.45, 7) is 23.4. The Balaban J connectivity index is 1.76. The summed E-state index contributed by atoms with van der Waals surface area (Å²) in [7, 11) is 0. The molecular weight excluding hydrogens is 296 g/mol. The Morgan fingerprint density at radius 1 is 0.583 bits per heavy atom. The molecule has 0 aromatic heterocycles. The third-order valence-corrected chi connectivity index (χ3v) is 6.15. The molecule has 2 aliphatic heterocycles. The Morgan fingerprint density at radius 2 is 0.875 bits per heavy atom. The van der Waals surface area contributed by atoms with Gasteiger partial charge in [-0.05, 0) is 40.8 Å². The minimum Gasteiger partial charge on any atom is -0.298 e. The van der Waals surface area contributed by atoms with E-state index in [0.29, 0.717) is 24.2 Å². The number of rotatable bonds is 6. The second-order valence-corrected chi connectivity index (χ2v) is 7.95. The molecule has 0 bridgehead atoms. The quantitative estimate of drug-likeness (QED) is 0.690. The predicted octanol–water partition coefficient (Wildman–Crippen LogP) is 2.37. The van der Waals surface area contributed by atoms with E-state index in [0.717, 1.165) is 13.1 Å². The minimum atomic E-state index is 0.665. The topological polar surface area (TPSA) is 13.0 Å². The van der Waals surface area contributed by atoms with Crippen LogP contribution in [-0.4, -0.2) is 96.1 Å². The van der Waals surface area contributed by atoms with Crippen LogP contribution in [0.5, 0.6) is 0 Å². The number of hydrogen-bond acceptors (Lipinski definition) is 4. The first-order chi connectivity index (χ1) is 11.5. The van der Waals surface area contributed by atoms with Crippen LogP contribution in [0.3, 0.4) is 0 Å². The summed E-state index contributed by atoms with van der Waals surface area (Å²) in [5, 5.41) is 0. The highest BCUT2D eigenvalue weighted by Crippen LogP contribution is 2.16. The first-order valence-electron chi connectivity index (χ1n) is 10.1. The molecule has 0 amide bonds. The van der Waals surface area contributed by atoms with Crippen molar-refractivity contribution in [3.63, 3.8) is 0 Å². The highest BCUT2D eigenvalue weighted by molar-refractivity contribution is 4.94. The van der Waals surface area contributed by atoms with Gasteiger partial charge in [0.1, 0.15) is 0 Å². The molecule has 0 spiro atoms. The Labute approximate surface area is 150 Å². The van der Waals surface area contributed by atoms with E-state index in [1.54, 1.807) is 0 Å². The van der Waals surface area contributed by atoms with E-state index >= 15 is 0 Å². The number of nitrogens with zero attached hydrogens (tertiary/aromatic N) is 4. The first-order valence-corrected chi connectivity index (χ1v) is 10.1. The van der Waals surface area contributed by atoms with Gasteiger partial charge in [0.25, 0.3) is 0 Å². The summed E-state index contributed by atoms with van der Waals surface area (Å²) in [6, 6.07) is 2.70. The highest BCUT2D eigenvalue weighted by atomic mass is 15.3. The van der Waals surface area contributed by atoms with Crippen LogP contribution in [0.1, 0.15) is 41.5 Å². The highest BCUT2D eigenvalue weighted by Gasteiger charge is 2.28. The van der Waals surface area contributed by atoms with Gasteiger partial charge in [0.2, 0.25) is 0 Å². The van der Waals surface area contributed by atoms with Crippen LogP contribution in [0.2, 0.25) is 0 Å². The minimum absolute atomic E-state index is 0.665. The Morgan fingerprint density at radius 3 is 1.21 bits per heavy atom. The van der Waals surface area contributed by atoms with Crippen molar-refractivity contribution in [2.24, 2.45) is 0 Å². The molecule has 4 heteroatoms. The van der Waals surface area contributed by atoms with E-state index in [4.69, 9.17) is 0 Å². The van der Waals surface area contributed by atoms with Crippen LogP contribution < -0.4 is 0 Å². The summed E-state index contributed by atoms with van der Waals surface area (Å²) in [6.07, 6.45) is 4.79. The summed E-state index contributed by atoms with van der Waals surface area (Å²) < 4.78 is 0. The van der Waals surface area contributed by atoms with E-state index in [-0.39, 0.29) is 0 Å². The number of likely N-dealkylation sites (N-methyl/N-ethyl adjacent to an activating group) is 2. The molecule has 0 N–H and O–H groups in total. The van der Waals surface area contributed by atoms with Gasteiger partial charge in [0.05, 0.1) is 0 Å². The molecule has 0 aliphatic carbocycles. The van der Waals surface area contributed by atoms with Crippen LogP contribution in [0.4, 0.5) is 0 Å². The van der Waals surface area contributed by atoms with Crippen LogP contribution in [0.15, 0.2) is 12.2 Å². The molecule has 0 aromatic carbocycles. The fraction of sp³-hybridized carbons (Fsp3) is 0.900. The zero-order valence-corrected chi connectivity index (χ0v) is 16.9. The van der Waals surface area contributed by atoms with Gasteiger partial charge in [-0.3, -0.25) is 19.6 Å². The maximum Gasteiger partial charge on any atom is 0.0198 e. The van der Waals surface area contributed by atoms with E-state index in [2.05, 4.69) is 73.3 Å². The molecule has 0 aromatic rings. The van der Waals surface area contributed by atoms with Crippen molar-refractivity contribution in [2.45, 2.75) is 65.7 Å². The van der Waals surface area contributed by atoms with Crippen LogP contribution in [0, 0.1) is 0 Å². The molecule has 2 aliphatic rings. The van der Waals surface area contributed by atoms with E-state index < -0.39 is 0 Å². The molecule has 4 nitrogen and oxygen atoms in total. The second kappa shape index (κ2) is 9.33. The average Bonchev–Trinajstić information content (AvgIpc) is 2.56. The Kier molecular flexibility index (Phi) is 7.73. The lowest BCUT2D eigenvalue weighted by molar-refractivity contribution is 0.0520. The van der Waals surface area contributed by atoms with Gasteiger partial charge < -0.3 is 0 Å². The third-order valence-electron chi connectivity index (χ3n) is 6.15. The molecule has 0 saturated carbocycles. The smallest absolute Gasteiger partial charge is 0.0198 e. The van der Waals surface area contributed by atoms with Crippen molar-refractivity contribution >= 4 is 0 Å². The monoisotopic (exact) mass is 336 g/mol. The van der Waals surface area contributed by atoms with Gasteiger partial charge >= 0.3 is 0 Å². The fourth-order valence-electron chi connectivity index (χ4n) is 4.35. The van der Waals surface area contributed by atoms with Crippen LogP contribution >= 0.6 is 0 Å². The van der Waals surface area contributed by atoms with E-state index in [9.17, 15) is 0 Å². The zero-order valence-electron chi connectivity index (χ0n) is 16.9. The van der Waals surface area contributed by atoms with Crippen LogP contribution in [0.25, 0.3) is 0 Å². The number of hydrogen-bond donors (Lipinski definition) is 0. The van der Waals surface area contributed by atoms with Crippen molar-refractivity contribution in [1.29, 1.82) is 0 Å². The third kappa shape index (κ3) is 5.04. The average molecular weight is 337 g/mol. The standard InChI is InChI=1S/C20H40N4/c1-7-21-13-19(5)23(15-17(21)3)11-9-10-12-24-16-18(4)22(8-2)14-20(24)6/h9-10,17-20H,7-8,11-16H2,1-6H3/b10-9+/t17-,18+,19-,20-/m0/s1. The zero-order chi connectivity index (χ0) is 17.7. The van der Waals surface area contributed by atoms with E-state index in [1.807, 2.05) is 0 Å². The summed E-state index contributed by atoms with van der Waals surface area (Å²) >= 11 is 0. The van der Waals surface area contributed by atoms with Crippen molar-refractivity contribution in [1.82, 2.24) is 19.6 Å². The van der Waals surface area contributed by atoms with Gasteiger partial charge in [-0.25, -0.2) is 0 Å². The maximum atomic E-state index is 2.63. The second-order valence-electron chi connectivity index (χ2n) is 7.95. The lowest BCUT2D eigenvalue weighted by Gasteiger charge is -2.44. The normalized spacial score (nSPS) is 35.1. The lowest BCUT2D eigenvalue weighted by Crippen LogP contribution is -2.56. The molecule has 2 saturated heterocycles. The largest absolute Gasteiger partial charge is 0.298 e. The van der Waals surface area contributed by atoms with Crippen molar-refractivity contribution in [2.75, 3.05) is 52.4 Å². The molecular formula is C20H40N4. The maximum absolute atomic E-state index is 2.63. The Hall–Kier alpha value is -0.420. The molecule has 2 heterocycles. The van der Waals surface area contributed by atoms with Gasteiger partial charge in [-0.15, -0.1) is 0 Å². The van der Waals surface area contributed by atoms with E-state index in [1.165, 1.54) is 39.3 Å². The van der Waals surface area contributed by atoms with Gasteiger partial charge in [0.15, 0.2) is 0 Å². The fourth-order valence-corrected chi connectivity index (χ4v) is 4.35. The van der Waals surface area contributed by atoms with Crippen LogP contribution in [-0.2, 0) is 0 Å². The molecule has 140 valence electrons. The van der Waals surface area contributed by atoms with Crippen molar-refractivity contribution in [3.05, 3.63) is 12.2 Å². The lowest BCUT2D eigenvalue weighted by atomic mass is 10.1. The molecule has 0 unspecified atom stereocenters. The van der Waals surface area contributed by atoms with Crippen molar-refractivity contribution in [3.8, 4) is 0 Å². The van der Waals surface area contributed by atoms with Gasteiger partial charge in [0, 0.05) is 63.4 Å². The molecule has 2 fully saturated rings. The SMILES string of the molecule is CCN1C[C@H](C)N(C/C=C/CN2C[C@H](C)N(CC)C[C@@H]2C)C[C@H]1C. The molecule has 4 atom stereocenters. The molecule has 2 rings (SSSR count). The van der Waals surface area contributed by atoms with Gasteiger partial charge in [-0.2, -0.15) is 0 Å². The first kappa shape index (κ1) is 19.9. The van der Waals surface area contributed by atoms with Gasteiger partial charge in [-0.1, -0.05) is 26.0 Å². The predicted molar refractivity (Wildman–Crippen MR) is 105 cm³/mol. The summed E-state index contributed by atoms with van der Waals surface area (Å²) in [5.74, 6) is 0. The van der Waals surface area contributed by atoms with Crippen molar-refractivity contribution < 1.29 is 0 Å². The molecule has 0 radical (unpaired) electrons. The number of piperazine rings is 2. The Bertz CT molecular complexity index is 361. The summed E-state index contributed by atoms with van der Waals surface area (Å²) in [5.41, 5.74) is 0. The molecule has 24 heavy (non-hydrogen) atoms. The summed E-state index contributed by atoms with van der Waals surface area (Å²) in [4.78, 5) is 10.5.